The SMILES string of the molecule is COc1ccc([C@@H]2CN(Cc3ccccc3F)C[C@]23CCCCC(=O)N3)cc1. The van der Waals surface area contributed by atoms with Crippen LogP contribution in [-0.4, -0.2) is 36.5 Å². The molecule has 4 nitrogen and oxygen atoms in total. The molecule has 0 aromatic heterocycles. The van der Waals surface area contributed by atoms with E-state index >= 15 is 0 Å². The maximum Gasteiger partial charge on any atom is 0.220 e. The van der Waals surface area contributed by atoms with Gasteiger partial charge in [-0.1, -0.05) is 36.8 Å². The van der Waals surface area contributed by atoms with E-state index in [1.807, 2.05) is 24.3 Å². The first-order valence-corrected chi connectivity index (χ1v) is 10.0. The summed E-state index contributed by atoms with van der Waals surface area (Å²) in [5.41, 5.74) is 1.60. The van der Waals surface area contributed by atoms with Crippen molar-refractivity contribution in [3.8, 4) is 5.75 Å². The van der Waals surface area contributed by atoms with E-state index < -0.39 is 0 Å². The highest BCUT2D eigenvalue weighted by Gasteiger charge is 2.48. The van der Waals surface area contributed by atoms with Crippen LogP contribution in [0.4, 0.5) is 4.39 Å². The Morgan fingerprint density at radius 1 is 1.18 bits per heavy atom. The maximum absolute atomic E-state index is 14.2. The molecule has 28 heavy (non-hydrogen) atoms. The van der Waals surface area contributed by atoms with Crippen LogP contribution in [0.1, 0.15) is 42.7 Å². The third-order valence-corrected chi connectivity index (χ3v) is 6.15. The molecule has 1 amide bonds. The molecule has 0 unspecified atom stereocenters. The molecule has 2 aliphatic rings. The summed E-state index contributed by atoms with van der Waals surface area (Å²) < 4.78 is 19.5. The molecule has 2 aliphatic heterocycles. The molecule has 0 bridgehead atoms. The number of carbonyl (C=O) groups is 1. The summed E-state index contributed by atoms with van der Waals surface area (Å²) >= 11 is 0. The zero-order valence-corrected chi connectivity index (χ0v) is 16.3. The van der Waals surface area contributed by atoms with Gasteiger partial charge < -0.3 is 10.1 Å². The van der Waals surface area contributed by atoms with Gasteiger partial charge in [0, 0.05) is 37.5 Å². The summed E-state index contributed by atoms with van der Waals surface area (Å²) in [5.74, 6) is 0.953. The van der Waals surface area contributed by atoms with Crippen LogP contribution < -0.4 is 10.1 Å². The Morgan fingerprint density at radius 2 is 1.96 bits per heavy atom. The second-order valence-electron chi connectivity index (χ2n) is 8.00. The third-order valence-electron chi connectivity index (χ3n) is 6.15. The van der Waals surface area contributed by atoms with Gasteiger partial charge in [0.1, 0.15) is 11.6 Å². The van der Waals surface area contributed by atoms with Crippen molar-refractivity contribution in [1.29, 1.82) is 0 Å². The van der Waals surface area contributed by atoms with Gasteiger partial charge in [0.05, 0.1) is 12.6 Å². The molecule has 2 saturated heterocycles. The van der Waals surface area contributed by atoms with Gasteiger partial charge in [0.15, 0.2) is 0 Å². The molecular formula is C23H27FN2O2. The van der Waals surface area contributed by atoms with E-state index in [-0.39, 0.29) is 23.2 Å². The number of hydrogen-bond acceptors (Lipinski definition) is 3. The topological polar surface area (TPSA) is 41.6 Å². The Hall–Kier alpha value is -2.40. The van der Waals surface area contributed by atoms with Gasteiger partial charge in [-0.3, -0.25) is 9.69 Å². The lowest BCUT2D eigenvalue weighted by Crippen LogP contribution is -2.52. The number of benzene rings is 2. The summed E-state index contributed by atoms with van der Waals surface area (Å²) in [6.07, 6.45) is 3.49. The van der Waals surface area contributed by atoms with Crippen LogP contribution in [-0.2, 0) is 11.3 Å². The van der Waals surface area contributed by atoms with E-state index in [9.17, 15) is 9.18 Å². The van der Waals surface area contributed by atoms with Crippen molar-refractivity contribution in [2.75, 3.05) is 20.2 Å². The van der Waals surface area contributed by atoms with Gasteiger partial charge in [0.2, 0.25) is 5.91 Å². The largest absolute Gasteiger partial charge is 0.497 e. The molecule has 5 heteroatoms. The monoisotopic (exact) mass is 382 g/mol. The van der Waals surface area contributed by atoms with Crippen molar-refractivity contribution < 1.29 is 13.9 Å². The molecule has 2 atom stereocenters. The molecule has 4 rings (SSSR count). The van der Waals surface area contributed by atoms with E-state index in [2.05, 4.69) is 22.3 Å². The molecule has 0 saturated carbocycles. The number of likely N-dealkylation sites (tertiary alicyclic amines) is 1. The Morgan fingerprint density at radius 3 is 2.71 bits per heavy atom. The normalized spacial score (nSPS) is 25.5. The molecule has 148 valence electrons. The van der Waals surface area contributed by atoms with Crippen molar-refractivity contribution in [2.45, 2.75) is 43.7 Å². The highest BCUT2D eigenvalue weighted by Crippen LogP contribution is 2.41. The van der Waals surface area contributed by atoms with E-state index in [0.717, 1.165) is 38.1 Å². The van der Waals surface area contributed by atoms with Gasteiger partial charge >= 0.3 is 0 Å². The summed E-state index contributed by atoms with van der Waals surface area (Å²) in [5, 5.41) is 3.36. The first kappa shape index (κ1) is 18.9. The van der Waals surface area contributed by atoms with Gasteiger partial charge in [-0.05, 0) is 36.6 Å². The van der Waals surface area contributed by atoms with Gasteiger partial charge in [0.25, 0.3) is 0 Å². The molecular weight excluding hydrogens is 355 g/mol. The Balaban J connectivity index is 1.64. The first-order chi connectivity index (χ1) is 13.6. The third kappa shape index (κ3) is 3.76. The summed E-state index contributed by atoms with van der Waals surface area (Å²) in [7, 11) is 1.66. The Bertz CT molecular complexity index is 839. The number of carbonyl (C=O) groups excluding carboxylic acids is 1. The lowest BCUT2D eigenvalue weighted by Gasteiger charge is -2.35. The molecule has 1 spiro atoms. The second kappa shape index (κ2) is 7.92. The molecule has 2 fully saturated rings. The van der Waals surface area contributed by atoms with Crippen LogP contribution in [0.5, 0.6) is 5.75 Å². The van der Waals surface area contributed by atoms with E-state index in [1.54, 1.807) is 13.2 Å². The highest BCUT2D eigenvalue weighted by atomic mass is 19.1. The average molecular weight is 382 g/mol. The fourth-order valence-electron chi connectivity index (χ4n) is 4.76. The smallest absolute Gasteiger partial charge is 0.220 e. The van der Waals surface area contributed by atoms with E-state index in [1.165, 1.54) is 11.6 Å². The number of ether oxygens (including phenoxy) is 1. The second-order valence-corrected chi connectivity index (χ2v) is 8.00. The van der Waals surface area contributed by atoms with Crippen LogP contribution in [0, 0.1) is 5.82 Å². The van der Waals surface area contributed by atoms with Crippen molar-refractivity contribution in [3.05, 3.63) is 65.5 Å². The van der Waals surface area contributed by atoms with E-state index in [0.29, 0.717) is 18.5 Å². The van der Waals surface area contributed by atoms with Gasteiger partial charge in [-0.15, -0.1) is 0 Å². The van der Waals surface area contributed by atoms with Crippen LogP contribution in [0.3, 0.4) is 0 Å². The number of methoxy groups -OCH3 is 1. The Labute approximate surface area is 165 Å². The summed E-state index contributed by atoms with van der Waals surface area (Å²) in [4.78, 5) is 14.7. The minimum Gasteiger partial charge on any atom is -0.497 e. The Kier molecular flexibility index (Phi) is 5.36. The fourth-order valence-corrected chi connectivity index (χ4v) is 4.76. The van der Waals surface area contributed by atoms with Crippen LogP contribution in [0.25, 0.3) is 0 Å². The zero-order valence-electron chi connectivity index (χ0n) is 16.3. The molecule has 2 heterocycles. The number of hydrogen-bond donors (Lipinski definition) is 1. The zero-order chi connectivity index (χ0) is 19.6. The van der Waals surface area contributed by atoms with Crippen LogP contribution in [0.15, 0.2) is 48.5 Å². The quantitative estimate of drug-likeness (QED) is 0.873. The molecule has 0 radical (unpaired) electrons. The minimum absolute atomic E-state index is 0.128. The molecule has 2 aromatic rings. The van der Waals surface area contributed by atoms with E-state index in [4.69, 9.17) is 4.74 Å². The predicted molar refractivity (Wildman–Crippen MR) is 107 cm³/mol. The number of nitrogens with zero attached hydrogens (tertiary/aromatic N) is 1. The number of amides is 1. The average Bonchev–Trinajstić information content (AvgIpc) is 2.93. The fraction of sp³-hybridized carbons (Fsp3) is 0.435. The summed E-state index contributed by atoms with van der Waals surface area (Å²) in [6, 6.07) is 15.1. The van der Waals surface area contributed by atoms with Crippen molar-refractivity contribution in [1.82, 2.24) is 10.2 Å². The van der Waals surface area contributed by atoms with Gasteiger partial charge in [-0.2, -0.15) is 0 Å². The van der Waals surface area contributed by atoms with Gasteiger partial charge in [-0.25, -0.2) is 4.39 Å². The standard InChI is InChI=1S/C23H27FN2O2/c1-28-19-11-9-17(10-12-19)20-15-26(14-18-6-2-3-7-21(18)24)16-23(20)13-5-4-8-22(27)25-23/h2-3,6-7,9-12,20H,4-5,8,13-16H2,1H3,(H,25,27)/t20-,23+/m0/s1. The first-order valence-electron chi connectivity index (χ1n) is 10.0. The van der Waals surface area contributed by atoms with Crippen molar-refractivity contribution in [2.24, 2.45) is 0 Å². The highest BCUT2D eigenvalue weighted by molar-refractivity contribution is 5.77. The number of halogens is 1. The maximum atomic E-state index is 14.2. The molecule has 0 aliphatic carbocycles. The predicted octanol–water partition coefficient (Wildman–Crippen LogP) is 3.86. The van der Waals surface area contributed by atoms with Crippen LogP contribution in [0.2, 0.25) is 0 Å². The van der Waals surface area contributed by atoms with Crippen LogP contribution >= 0.6 is 0 Å². The summed E-state index contributed by atoms with van der Waals surface area (Å²) in [6.45, 7) is 2.08. The lowest BCUT2D eigenvalue weighted by molar-refractivity contribution is -0.122. The number of nitrogens with one attached hydrogen (secondary N) is 1. The molecule has 2 aromatic carbocycles. The van der Waals surface area contributed by atoms with Crippen molar-refractivity contribution in [3.63, 3.8) is 0 Å². The number of rotatable bonds is 4. The molecule has 1 N–H and O–H groups in total. The van der Waals surface area contributed by atoms with Crippen molar-refractivity contribution >= 4 is 5.91 Å². The lowest BCUT2D eigenvalue weighted by atomic mass is 9.79. The minimum atomic E-state index is -0.298.